The van der Waals surface area contributed by atoms with Crippen LogP contribution in [0.3, 0.4) is 0 Å². The number of fused-ring (bicyclic) bond motifs is 15. The number of pyridine rings is 1. The Morgan fingerprint density at radius 1 is 0.672 bits per heavy atom. The molecule has 0 radical (unpaired) electrons. The van der Waals surface area contributed by atoms with Crippen LogP contribution in [0.1, 0.15) is 62.3 Å². The number of imidazole rings is 1. The van der Waals surface area contributed by atoms with Crippen molar-refractivity contribution in [2.24, 2.45) is 0 Å². The van der Waals surface area contributed by atoms with Gasteiger partial charge >= 0.3 is 5.82 Å². The zero-order chi connectivity index (χ0) is 45.8. The van der Waals surface area contributed by atoms with E-state index in [1.54, 1.807) is 0 Å². The minimum atomic E-state index is -1.66. The van der Waals surface area contributed by atoms with Crippen molar-refractivity contribution in [1.82, 2.24) is 4.57 Å². The lowest BCUT2D eigenvalue weighted by molar-refractivity contribution is -0.719. The Morgan fingerprint density at radius 2 is 1.33 bits per heavy atom. The first-order chi connectivity index (χ1) is 32.4. The number of benzene rings is 7. The number of allylic oxidation sites excluding steroid dienone is 1. The summed E-state index contributed by atoms with van der Waals surface area (Å²) >= 11 is 0. The highest BCUT2D eigenvalue weighted by atomic mass is 28.3. The Morgan fingerprint density at radius 3 is 2.04 bits per heavy atom. The SMILES string of the molecule is C=C1CC2C(CCc3ccc4c(oc5ccccc54)c3-c3n(-c4c(-c5ccccc5)cc(C(C)(C)C)cc4-c4ccccc4)c4ccccc4[n+]31)c1ccccc1-c1ccc([Si](C)(C)C)c[n+]12. The molecule has 12 rings (SSSR count). The minimum absolute atomic E-state index is 0.107. The van der Waals surface area contributed by atoms with E-state index in [1.807, 2.05) is 0 Å². The lowest BCUT2D eigenvalue weighted by atomic mass is 9.77. The van der Waals surface area contributed by atoms with E-state index >= 15 is 0 Å². The summed E-state index contributed by atoms with van der Waals surface area (Å²) < 4.78 is 15.0. The number of aryl methyl sites for hydroxylation is 1. The van der Waals surface area contributed by atoms with Crippen LogP contribution in [0.2, 0.25) is 19.6 Å². The van der Waals surface area contributed by atoms with Crippen LogP contribution in [0.25, 0.3) is 89.3 Å². The van der Waals surface area contributed by atoms with E-state index in [1.165, 1.54) is 55.4 Å². The highest BCUT2D eigenvalue weighted by Crippen LogP contribution is 2.49. The highest BCUT2D eigenvalue weighted by Gasteiger charge is 2.45. The van der Waals surface area contributed by atoms with E-state index in [2.05, 4.69) is 230 Å². The topological polar surface area (TPSA) is 25.8 Å². The number of furan rings is 1. The third-order valence-electron chi connectivity index (χ3n) is 14.8. The number of hydrogen-bond donors (Lipinski definition) is 0. The molecule has 0 amide bonds. The van der Waals surface area contributed by atoms with Gasteiger partial charge in [-0.1, -0.05) is 174 Å². The molecule has 4 nitrogen and oxygen atoms in total. The first-order valence-electron chi connectivity index (χ1n) is 24.1. The van der Waals surface area contributed by atoms with Crippen LogP contribution in [0.5, 0.6) is 0 Å². The van der Waals surface area contributed by atoms with Crippen molar-refractivity contribution in [1.29, 1.82) is 0 Å². The van der Waals surface area contributed by atoms with E-state index in [-0.39, 0.29) is 17.4 Å². The number of para-hydroxylation sites is 3. The largest absolute Gasteiger partial charge is 0.455 e. The summed E-state index contributed by atoms with van der Waals surface area (Å²) in [6.07, 6.45) is 5.13. The third-order valence-corrected chi connectivity index (χ3v) is 16.8. The Bertz CT molecular complexity index is 3540. The van der Waals surface area contributed by atoms with Crippen LogP contribution >= 0.6 is 0 Å². The summed E-state index contributed by atoms with van der Waals surface area (Å²) in [6.45, 7) is 19.6. The van der Waals surface area contributed by atoms with Gasteiger partial charge in [-0.05, 0) is 82.5 Å². The Labute approximate surface area is 395 Å². The van der Waals surface area contributed by atoms with Crippen LogP contribution < -0.4 is 14.3 Å². The second-order valence-electron chi connectivity index (χ2n) is 21.0. The first-order valence-corrected chi connectivity index (χ1v) is 27.6. The molecule has 5 heteroatoms. The van der Waals surface area contributed by atoms with E-state index in [0.717, 1.165) is 75.0 Å². The van der Waals surface area contributed by atoms with Gasteiger partial charge in [-0.25, -0.2) is 0 Å². The molecule has 10 aromatic rings. The molecule has 0 saturated heterocycles. The minimum Gasteiger partial charge on any atom is -0.455 e. The van der Waals surface area contributed by atoms with Gasteiger partial charge in [0.15, 0.2) is 28.9 Å². The molecule has 67 heavy (non-hydrogen) atoms. The molecule has 2 atom stereocenters. The second-order valence-corrected chi connectivity index (χ2v) is 26.1. The van der Waals surface area contributed by atoms with Gasteiger partial charge in [-0.3, -0.25) is 0 Å². The molecule has 0 aliphatic carbocycles. The van der Waals surface area contributed by atoms with Crippen LogP contribution in [0.15, 0.2) is 187 Å². The number of hydrogen-bond acceptors (Lipinski definition) is 1. The van der Waals surface area contributed by atoms with Gasteiger partial charge in [0.1, 0.15) is 22.5 Å². The van der Waals surface area contributed by atoms with Crippen molar-refractivity contribution in [2.75, 3.05) is 0 Å². The van der Waals surface area contributed by atoms with E-state index in [9.17, 15) is 0 Å². The molecule has 0 saturated carbocycles. The van der Waals surface area contributed by atoms with Gasteiger partial charge < -0.3 is 4.42 Å². The predicted octanol–water partition coefficient (Wildman–Crippen LogP) is 14.8. The van der Waals surface area contributed by atoms with Crippen molar-refractivity contribution in [3.8, 4) is 50.6 Å². The van der Waals surface area contributed by atoms with E-state index in [0.29, 0.717) is 0 Å². The summed E-state index contributed by atoms with van der Waals surface area (Å²) in [6, 6.07) is 63.3. The molecular weight excluding hydrogens is 831 g/mol. The number of nitrogens with zero attached hydrogens (tertiary/aromatic N) is 3. The summed E-state index contributed by atoms with van der Waals surface area (Å²) in [4.78, 5) is 0. The molecule has 3 aromatic heterocycles. The Kier molecular flexibility index (Phi) is 9.57. The van der Waals surface area contributed by atoms with Crippen LogP contribution in [-0.4, -0.2) is 12.6 Å². The molecule has 0 fully saturated rings. The molecule has 5 heterocycles. The summed E-state index contributed by atoms with van der Waals surface area (Å²) in [5.41, 5.74) is 18.6. The Balaban J connectivity index is 1.24. The summed E-state index contributed by atoms with van der Waals surface area (Å²) in [7, 11) is -1.66. The second kappa shape index (κ2) is 15.5. The lowest BCUT2D eigenvalue weighted by Gasteiger charge is -2.32. The van der Waals surface area contributed by atoms with Crippen LogP contribution in [0, 0.1) is 0 Å². The summed E-state index contributed by atoms with van der Waals surface area (Å²) in [5.74, 6) is 1.33. The van der Waals surface area contributed by atoms with Crippen molar-refractivity contribution in [2.45, 2.75) is 77.0 Å². The van der Waals surface area contributed by atoms with Crippen molar-refractivity contribution >= 4 is 51.9 Å². The fourth-order valence-corrected chi connectivity index (χ4v) is 12.5. The molecule has 0 N–H and O–H groups in total. The fraction of sp³-hybridized carbons (Fsp3) is 0.194. The molecular formula is C62H57N3OSi+2. The number of aromatic nitrogens is 3. The van der Waals surface area contributed by atoms with Gasteiger partial charge in [0.05, 0.1) is 14.5 Å². The zero-order valence-corrected chi connectivity index (χ0v) is 40.5. The molecule has 7 aromatic carbocycles. The van der Waals surface area contributed by atoms with Crippen LogP contribution in [-0.2, 0) is 11.8 Å². The molecule has 2 aliphatic rings. The normalized spacial score (nSPS) is 16.1. The monoisotopic (exact) mass is 887 g/mol. The molecule has 2 aliphatic heterocycles. The first kappa shape index (κ1) is 41.4. The maximum atomic E-state index is 7.19. The van der Waals surface area contributed by atoms with Gasteiger partial charge in [0, 0.05) is 44.6 Å². The average Bonchev–Trinajstić information content (AvgIpc) is 3.89. The predicted molar refractivity (Wildman–Crippen MR) is 281 cm³/mol. The smallest absolute Gasteiger partial charge is 0.304 e. The maximum Gasteiger partial charge on any atom is 0.304 e. The van der Waals surface area contributed by atoms with Gasteiger partial charge in [-0.2, -0.15) is 13.7 Å². The zero-order valence-electron chi connectivity index (χ0n) is 39.5. The highest BCUT2D eigenvalue weighted by molar-refractivity contribution is 6.88. The van der Waals surface area contributed by atoms with E-state index < -0.39 is 8.07 Å². The third kappa shape index (κ3) is 6.69. The molecule has 328 valence electrons. The van der Waals surface area contributed by atoms with Crippen molar-refractivity contribution in [3.05, 3.63) is 199 Å². The van der Waals surface area contributed by atoms with Gasteiger partial charge in [0.25, 0.3) is 0 Å². The van der Waals surface area contributed by atoms with E-state index in [4.69, 9.17) is 11.0 Å². The summed E-state index contributed by atoms with van der Waals surface area (Å²) in [5, 5.41) is 3.72. The average molecular weight is 888 g/mol. The number of rotatable bonds is 4. The maximum absolute atomic E-state index is 7.19. The van der Waals surface area contributed by atoms with Crippen molar-refractivity contribution in [3.63, 3.8) is 0 Å². The lowest BCUT2D eigenvalue weighted by Crippen LogP contribution is -2.53. The quantitative estimate of drug-likeness (QED) is 0.128. The molecule has 0 bridgehead atoms. The van der Waals surface area contributed by atoms with Gasteiger partial charge in [-0.15, -0.1) is 0 Å². The fourth-order valence-electron chi connectivity index (χ4n) is 11.4. The van der Waals surface area contributed by atoms with Gasteiger partial charge in [0.2, 0.25) is 5.69 Å². The van der Waals surface area contributed by atoms with Crippen molar-refractivity contribution < 1.29 is 13.6 Å². The molecule has 0 spiro atoms. The standard InChI is InChI=1S/C62H57N3OSi/c1-40-36-56-48(46-24-14-15-25-47(46)53-35-32-45(39-63(53)56)67(5,6)7)33-30-43-31-34-50-49-26-16-19-29-57(49)66-60(50)58(43)61-64(40)54-27-17-18-28-55(54)65(61)59-51(41-20-10-8-11-21-41)37-44(62(2,3)4)38-52(59)42-22-12-9-13-23-42/h8-29,31-32,34-35,37-39,48,56H,1,30,33,36H2,2-7H3/q+2. The van der Waals surface area contributed by atoms with Crippen LogP contribution in [0.4, 0.5) is 0 Å². The molecule has 2 unspecified atom stereocenters. The Hall–Kier alpha value is -7.08.